The third kappa shape index (κ3) is 7.52. The fraction of sp³-hybridized carbons (Fsp3) is 0.600. The third-order valence-electron chi connectivity index (χ3n) is 1.58. The first kappa shape index (κ1) is 13.5. The minimum atomic E-state index is -0.947. The number of carboxylic acids is 1. The van der Waals surface area contributed by atoms with E-state index in [1.54, 1.807) is 13.8 Å². The van der Waals surface area contributed by atoms with Crippen LogP contribution in [0.3, 0.4) is 0 Å². The molecular formula is C10H16N2O3. The summed E-state index contributed by atoms with van der Waals surface area (Å²) in [5, 5.41) is 13.9. The fourth-order valence-electron chi connectivity index (χ4n) is 1.09. The number of carboxylic acid groups (broad SMARTS) is 1. The first-order chi connectivity index (χ1) is 6.87. The van der Waals surface area contributed by atoms with E-state index in [2.05, 4.69) is 16.6 Å². The van der Waals surface area contributed by atoms with Gasteiger partial charge in [0.25, 0.3) is 0 Å². The van der Waals surface area contributed by atoms with Crippen LogP contribution >= 0.6 is 0 Å². The molecule has 15 heavy (non-hydrogen) atoms. The zero-order valence-corrected chi connectivity index (χ0v) is 8.96. The van der Waals surface area contributed by atoms with Gasteiger partial charge in [-0.25, -0.2) is 0 Å². The Hall–Kier alpha value is -1.54. The van der Waals surface area contributed by atoms with Crippen molar-refractivity contribution in [2.75, 3.05) is 13.1 Å². The van der Waals surface area contributed by atoms with Gasteiger partial charge in [-0.3, -0.25) is 14.9 Å². The molecule has 0 fully saturated rings. The average Bonchev–Trinajstić information content (AvgIpc) is 2.00. The van der Waals surface area contributed by atoms with Crippen LogP contribution in [-0.2, 0) is 9.59 Å². The predicted molar refractivity (Wildman–Crippen MR) is 56.2 cm³/mol. The van der Waals surface area contributed by atoms with Crippen molar-refractivity contribution in [3.63, 3.8) is 0 Å². The maximum Gasteiger partial charge on any atom is 0.305 e. The molecule has 0 radical (unpaired) electrons. The minimum Gasteiger partial charge on any atom is -0.481 e. The number of nitrogens with one attached hydrogen (secondary N) is 2. The zero-order valence-electron chi connectivity index (χ0n) is 8.96. The van der Waals surface area contributed by atoms with Gasteiger partial charge in [0.15, 0.2) is 0 Å². The monoisotopic (exact) mass is 212 g/mol. The van der Waals surface area contributed by atoms with Gasteiger partial charge in [-0.2, -0.15) is 0 Å². The highest BCUT2D eigenvalue weighted by atomic mass is 16.4. The molecule has 5 nitrogen and oxygen atoms in total. The van der Waals surface area contributed by atoms with Crippen LogP contribution in [-0.4, -0.2) is 35.6 Å². The van der Waals surface area contributed by atoms with E-state index >= 15 is 0 Å². The molecule has 0 aromatic rings. The number of carbonyl (C=O) groups is 2. The van der Waals surface area contributed by atoms with Crippen molar-refractivity contribution in [2.45, 2.75) is 25.8 Å². The van der Waals surface area contributed by atoms with Crippen LogP contribution in [0, 0.1) is 12.3 Å². The lowest BCUT2D eigenvalue weighted by molar-refractivity contribution is -0.138. The number of aliphatic carboxylic acids is 1. The van der Waals surface area contributed by atoms with Gasteiger partial charge in [0.2, 0.25) is 5.91 Å². The first-order valence-corrected chi connectivity index (χ1v) is 4.54. The Morgan fingerprint density at radius 3 is 2.53 bits per heavy atom. The molecule has 0 aromatic carbocycles. The summed E-state index contributed by atoms with van der Waals surface area (Å²) < 4.78 is 0. The average molecular weight is 212 g/mol. The smallest absolute Gasteiger partial charge is 0.305 e. The fourth-order valence-corrected chi connectivity index (χ4v) is 1.09. The number of carbonyl (C=O) groups excluding carboxylic acids is 1. The molecule has 84 valence electrons. The standard InChI is InChI=1S/C10H16N2O3/c1-4-5-11-7-8(13)12-10(2,3)6-9(14)15/h1,11H,5-7H2,2-3H3,(H,12,13)(H,14,15). The molecular weight excluding hydrogens is 196 g/mol. The van der Waals surface area contributed by atoms with Crippen molar-refractivity contribution in [3.05, 3.63) is 0 Å². The summed E-state index contributed by atoms with van der Waals surface area (Å²) in [7, 11) is 0. The second-order valence-corrected chi connectivity index (χ2v) is 3.81. The lowest BCUT2D eigenvalue weighted by Crippen LogP contribution is -2.48. The zero-order chi connectivity index (χ0) is 11.9. The molecule has 0 aromatic heterocycles. The maximum atomic E-state index is 11.3. The maximum absolute atomic E-state index is 11.3. The van der Waals surface area contributed by atoms with E-state index in [0.717, 1.165) is 0 Å². The van der Waals surface area contributed by atoms with E-state index < -0.39 is 11.5 Å². The Morgan fingerprint density at radius 1 is 1.47 bits per heavy atom. The molecule has 0 atom stereocenters. The molecule has 0 rings (SSSR count). The Balaban J connectivity index is 3.94. The summed E-state index contributed by atoms with van der Waals surface area (Å²) in [6.45, 7) is 3.71. The molecule has 0 saturated heterocycles. The van der Waals surface area contributed by atoms with E-state index in [-0.39, 0.29) is 18.9 Å². The molecule has 0 saturated carbocycles. The number of terminal acetylenes is 1. The molecule has 0 aliphatic rings. The van der Waals surface area contributed by atoms with E-state index in [9.17, 15) is 9.59 Å². The molecule has 3 N–H and O–H groups in total. The molecule has 0 unspecified atom stereocenters. The Kier molecular flexibility index (Phi) is 5.42. The Labute approximate surface area is 89.2 Å². The lowest BCUT2D eigenvalue weighted by atomic mass is 10.0. The number of amides is 1. The molecule has 5 heteroatoms. The van der Waals surface area contributed by atoms with Gasteiger partial charge in [0.05, 0.1) is 19.5 Å². The van der Waals surface area contributed by atoms with Crippen LogP contribution < -0.4 is 10.6 Å². The van der Waals surface area contributed by atoms with Crippen LogP contribution in [0.4, 0.5) is 0 Å². The summed E-state index contributed by atoms with van der Waals surface area (Å²) in [4.78, 5) is 21.7. The van der Waals surface area contributed by atoms with Crippen LogP contribution in [0.15, 0.2) is 0 Å². The molecule has 0 aliphatic carbocycles. The quantitative estimate of drug-likeness (QED) is 0.413. The summed E-state index contributed by atoms with van der Waals surface area (Å²) in [5.74, 6) is 1.12. The van der Waals surface area contributed by atoms with Gasteiger partial charge < -0.3 is 10.4 Å². The summed E-state index contributed by atoms with van der Waals surface area (Å²) in [6, 6.07) is 0. The van der Waals surface area contributed by atoms with Crippen LogP contribution in [0.1, 0.15) is 20.3 Å². The molecule has 0 spiro atoms. The van der Waals surface area contributed by atoms with Gasteiger partial charge >= 0.3 is 5.97 Å². The number of hydrogen-bond acceptors (Lipinski definition) is 3. The summed E-state index contributed by atoms with van der Waals surface area (Å²) >= 11 is 0. The van der Waals surface area contributed by atoms with E-state index in [1.165, 1.54) is 0 Å². The first-order valence-electron chi connectivity index (χ1n) is 4.54. The predicted octanol–water partition coefficient (Wildman–Crippen LogP) is -0.421. The molecule has 1 amide bonds. The number of rotatable bonds is 6. The van der Waals surface area contributed by atoms with Gasteiger partial charge in [-0.05, 0) is 13.8 Å². The van der Waals surface area contributed by atoms with Crippen LogP contribution in [0.25, 0.3) is 0 Å². The van der Waals surface area contributed by atoms with Gasteiger partial charge in [-0.1, -0.05) is 5.92 Å². The Morgan fingerprint density at radius 2 is 2.07 bits per heavy atom. The van der Waals surface area contributed by atoms with Crippen molar-refractivity contribution < 1.29 is 14.7 Å². The van der Waals surface area contributed by atoms with Crippen molar-refractivity contribution in [1.29, 1.82) is 0 Å². The third-order valence-corrected chi connectivity index (χ3v) is 1.58. The van der Waals surface area contributed by atoms with Gasteiger partial charge in [-0.15, -0.1) is 6.42 Å². The highest BCUT2D eigenvalue weighted by Crippen LogP contribution is 2.07. The van der Waals surface area contributed by atoms with E-state index in [1.807, 2.05) is 0 Å². The molecule has 0 heterocycles. The topological polar surface area (TPSA) is 78.4 Å². The van der Waals surface area contributed by atoms with Crippen molar-refractivity contribution >= 4 is 11.9 Å². The van der Waals surface area contributed by atoms with E-state index in [4.69, 9.17) is 11.5 Å². The molecule has 0 aliphatic heterocycles. The van der Waals surface area contributed by atoms with Crippen LogP contribution in [0.5, 0.6) is 0 Å². The second kappa shape index (κ2) is 6.04. The minimum absolute atomic E-state index is 0.0905. The number of hydrogen-bond donors (Lipinski definition) is 3. The van der Waals surface area contributed by atoms with Crippen molar-refractivity contribution in [3.8, 4) is 12.3 Å². The SMILES string of the molecule is C#CCNCC(=O)NC(C)(C)CC(=O)O. The second-order valence-electron chi connectivity index (χ2n) is 3.81. The highest BCUT2D eigenvalue weighted by Gasteiger charge is 2.23. The van der Waals surface area contributed by atoms with Crippen molar-refractivity contribution in [1.82, 2.24) is 10.6 Å². The lowest BCUT2D eigenvalue weighted by Gasteiger charge is -2.24. The highest BCUT2D eigenvalue weighted by molar-refractivity contribution is 5.79. The van der Waals surface area contributed by atoms with Crippen molar-refractivity contribution in [2.24, 2.45) is 0 Å². The van der Waals surface area contributed by atoms with E-state index in [0.29, 0.717) is 6.54 Å². The normalized spacial score (nSPS) is 10.5. The van der Waals surface area contributed by atoms with Crippen LogP contribution in [0.2, 0.25) is 0 Å². The van der Waals surface area contributed by atoms with Gasteiger partial charge in [0.1, 0.15) is 0 Å². The summed E-state index contributed by atoms with van der Waals surface area (Å²) in [6.07, 6.45) is 4.87. The van der Waals surface area contributed by atoms with Gasteiger partial charge in [0, 0.05) is 5.54 Å². The summed E-state index contributed by atoms with van der Waals surface area (Å²) in [5.41, 5.74) is -0.749. The largest absolute Gasteiger partial charge is 0.481 e. The Bertz CT molecular complexity index is 279. The molecule has 0 bridgehead atoms.